The van der Waals surface area contributed by atoms with Crippen LogP contribution in [0.4, 0.5) is 10.1 Å². The molecule has 0 saturated carbocycles. The highest BCUT2D eigenvalue weighted by Crippen LogP contribution is 2.37. The van der Waals surface area contributed by atoms with Gasteiger partial charge in [0.15, 0.2) is 0 Å². The summed E-state index contributed by atoms with van der Waals surface area (Å²) in [6.07, 6.45) is 1.60. The van der Waals surface area contributed by atoms with Crippen molar-refractivity contribution in [3.63, 3.8) is 0 Å². The molecule has 6 heteroatoms. The molecule has 2 aliphatic rings. The van der Waals surface area contributed by atoms with E-state index < -0.39 is 17.5 Å². The lowest BCUT2D eigenvalue weighted by Gasteiger charge is -2.27. The number of Topliss-reactive ketones (excluding diaryl/α,β-unsaturated/α-hetero) is 1. The molecular weight excluding hydrogens is 285 g/mol. The van der Waals surface area contributed by atoms with Crippen LogP contribution >= 0.6 is 11.6 Å². The van der Waals surface area contributed by atoms with Crippen LogP contribution in [0.15, 0.2) is 12.1 Å². The summed E-state index contributed by atoms with van der Waals surface area (Å²) >= 11 is 5.92. The zero-order chi connectivity index (χ0) is 14.3. The van der Waals surface area contributed by atoms with Crippen LogP contribution in [0, 0.1) is 11.7 Å². The third-order valence-corrected chi connectivity index (χ3v) is 4.11. The van der Waals surface area contributed by atoms with Crippen molar-refractivity contribution in [2.45, 2.75) is 12.8 Å². The molecule has 0 bridgehead atoms. The third kappa shape index (κ3) is 2.11. The minimum Gasteiger partial charge on any atom is -0.381 e. The second-order valence-electron chi connectivity index (χ2n) is 5.05. The van der Waals surface area contributed by atoms with E-state index in [0.717, 1.165) is 12.8 Å². The van der Waals surface area contributed by atoms with E-state index in [1.165, 1.54) is 17.0 Å². The van der Waals surface area contributed by atoms with Gasteiger partial charge < -0.3 is 9.64 Å². The fourth-order valence-corrected chi connectivity index (χ4v) is 2.95. The molecule has 106 valence electrons. The Bertz CT molecular complexity index is 584. The fraction of sp³-hybridized carbons (Fsp3) is 0.429. The van der Waals surface area contributed by atoms with Gasteiger partial charge in [0.2, 0.25) is 0 Å². The van der Waals surface area contributed by atoms with Crippen molar-refractivity contribution in [1.29, 1.82) is 0 Å². The van der Waals surface area contributed by atoms with Crippen molar-refractivity contribution in [2.24, 2.45) is 5.92 Å². The summed E-state index contributed by atoms with van der Waals surface area (Å²) in [6, 6.07) is 2.49. The Hall–Kier alpha value is -1.46. The van der Waals surface area contributed by atoms with Crippen LogP contribution in [0.2, 0.25) is 5.02 Å². The molecule has 2 heterocycles. The summed E-state index contributed by atoms with van der Waals surface area (Å²) in [6.45, 7) is 1.59. The van der Waals surface area contributed by atoms with Crippen LogP contribution in [0.5, 0.6) is 0 Å². The fourth-order valence-electron chi connectivity index (χ4n) is 2.71. The summed E-state index contributed by atoms with van der Waals surface area (Å²) < 4.78 is 19.3. The zero-order valence-corrected chi connectivity index (χ0v) is 11.5. The number of carbonyl (C=O) groups excluding carboxylic acids is 2. The van der Waals surface area contributed by atoms with Crippen molar-refractivity contribution in [2.75, 3.05) is 24.7 Å². The molecule has 0 radical (unpaired) electrons. The molecule has 1 saturated heterocycles. The highest BCUT2D eigenvalue weighted by atomic mass is 35.5. The first-order chi connectivity index (χ1) is 9.59. The normalized spacial score (nSPS) is 19.6. The van der Waals surface area contributed by atoms with Gasteiger partial charge in [-0.25, -0.2) is 4.39 Å². The van der Waals surface area contributed by atoms with Crippen molar-refractivity contribution in [1.82, 2.24) is 0 Å². The van der Waals surface area contributed by atoms with Gasteiger partial charge >= 0.3 is 0 Å². The van der Waals surface area contributed by atoms with E-state index in [-0.39, 0.29) is 22.2 Å². The largest absolute Gasteiger partial charge is 0.381 e. The maximum absolute atomic E-state index is 14.0. The molecule has 2 aliphatic heterocycles. The summed E-state index contributed by atoms with van der Waals surface area (Å²) in [5.74, 6) is -1.80. The molecule has 0 unspecified atom stereocenters. The molecule has 1 aromatic carbocycles. The molecule has 1 aromatic rings. The number of amides is 1. The van der Waals surface area contributed by atoms with Gasteiger partial charge in [0.05, 0.1) is 16.3 Å². The molecule has 1 amide bonds. The topological polar surface area (TPSA) is 46.6 Å². The minimum absolute atomic E-state index is 0.0104. The number of carbonyl (C=O) groups is 2. The molecule has 20 heavy (non-hydrogen) atoms. The predicted molar refractivity (Wildman–Crippen MR) is 71.6 cm³/mol. The number of ether oxygens (including phenoxy) is 1. The first kappa shape index (κ1) is 13.5. The van der Waals surface area contributed by atoms with Crippen molar-refractivity contribution >= 4 is 29.0 Å². The molecule has 4 nitrogen and oxygen atoms in total. The van der Waals surface area contributed by atoms with Crippen molar-refractivity contribution in [3.8, 4) is 0 Å². The number of benzene rings is 1. The first-order valence-corrected chi connectivity index (χ1v) is 6.89. The highest BCUT2D eigenvalue weighted by molar-refractivity contribution is 6.55. The number of rotatable bonds is 2. The van der Waals surface area contributed by atoms with Gasteiger partial charge in [0.25, 0.3) is 11.7 Å². The Morgan fingerprint density at radius 3 is 2.70 bits per heavy atom. The Labute approximate surface area is 120 Å². The van der Waals surface area contributed by atoms with E-state index in [2.05, 4.69) is 0 Å². The molecular formula is C14H13ClFNO3. The van der Waals surface area contributed by atoms with Gasteiger partial charge in [-0.3, -0.25) is 9.59 Å². The SMILES string of the molecule is O=C1C(=O)N(CC2CCOCC2)c2c(F)ccc(Cl)c21. The lowest BCUT2D eigenvalue weighted by molar-refractivity contribution is -0.114. The van der Waals surface area contributed by atoms with Gasteiger partial charge in [-0.15, -0.1) is 0 Å². The molecule has 0 N–H and O–H groups in total. The lowest BCUT2D eigenvalue weighted by atomic mass is 9.99. The average Bonchev–Trinajstić information content (AvgIpc) is 2.70. The average molecular weight is 298 g/mol. The van der Waals surface area contributed by atoms with Gasteiger partial charge in [-0.05, 0) is 30.9 Å². The zero-order valence-electron chi connectivity index (χ0n) is 10.7. The van der Waals surface area contributed by atoms with E-state index >= 15 is 0 Å². The van der Waals surface area contributed by atoms with Gasteiger partial charge in [0.1, 0.15) is 5.82 Å². The minimum atomic E-state index is -0.725. The Morgan fingerprint density at radius 1 is 1.30 bits per heavy atom. The molecule has 0 aromatic heterocycles. The Balaban J connectivity index is 1.95. The second-order valence-corrected chi connectivity index (χ2v) is 5.46. The monoisotopic (exact) mass is 297 g/mol. The lowest BCUT2D eigenvalue weighted by Crippen LogP contribution is -2.36. The number of anilines is 1. The van der Waals surface area contributed by atoms with Crippen LogP contribution in [-0.4, -0.2) is 31.4 Å². The van der Waals surface area contributed by atoms with Crippen LogP contribution < -0.4 is 4.90 Å². The van der Waals surface area contributed by atoms with Crippen LogP contribution in [-0.2, 0) is 9.53 Å². The third-order valence-electron chi connectivity index (χ3n) is 3.80. The Kier molecular flexibility index (Phi) is 3.48. The van der Waals surface area contributed by atoms with E-state index in [1.54, 1.807) is 0 Å². The summed E-state index contributed by atoms with van der Waals surface area (Å²) in [7, 11) is 0. The molecule has 0 aliphatic carbocycles. The Morgan fingerprint density at radius 2 is 2.00 bits per heavy atom. The maximum atomic E-state index is 14.0. The van der Waals surface area contributed by atoms with Gasteiger partial charge in [-0.2, -0.15) is 0 Å². The quantitative estimate of drug-likeness (QED) is 0.788. The molecule has 1 fully saturated rings. The number of fused-ring (bicyclic) bond motifs is 1. The predicted octanol–water partition coefficient (Wildman–Crippen LogP) is 2.44. The standard InChI is InChI=1S/C14H13ClFNO3/c15-9-1-2-10(16)12-11(9)13(18)14(19)17(12)7-8-3-5-20-6-4-8/h1-2,8H,3-7H2. The number of ketones is 1. The summed E-state index contributed by atoms with van der Waals surface area (Å²) in [5, 5.41) is 0.120. The number of nitrogens with zero attached hydrogens (tertiary/aromatic N) is 1. The first-order valence-electron chi connectivity index (χ1n) is 6.51. The van der Waals surface area contributed by atoms with E-state index in [9.17, 15) is 14.0 Å². The molecule has 0 spiro atoms. The molecule has 0 atom stereocenters. The van der Waals surface area contributed by atoms with Crippen molar-refractivity contribution < 1.29 is 18.7 Å². The number of hydrogen-bond acceptors (Lipinski definition) is 3. The van der Waals surface area contributed by atoms with E-state index in [0.29, 0.717) is 19.8 Å². The van der Waals surface area contributed by atoms with E-state index in [4.69, 9.17) is 16.3 Å². The highest BCUT2D eigenvalue weighted by Gasteiger charge is 2.40. The maximum Gasteiger partial charge on any atom is 0.299 e. The number of halogens is 2. The second kappa shape index (κ2) is 5.14. The molecule has 3 rings (SSSR count). The number of hydrogen-bond donors (Lipinski definition) is 0. The van der Waals surface area contributed by atoms with Gasteiger partial charge in [-0.1, -0.05) is 11.6 Å². The van der Waals surface area contributed by atoms with Crippen LogP contribution in [0.1, 0.15) is 23.2 Å². The van der Waals surface area contributed by atoms with Crippen LogP contribution in [0.3, 0.4) is 0 Å². The summed E-state index contributed by atoms with van der Waals surface area (Å²) in [4.78, 5) is 25.2. The van der Waals surface area contributed by atoms with E-state index in [1.807, 2.05) is 0 Å². The van der Waals surface area contributed by atoms with Gasteiger partial charge in [0, 0.05) is 19.8 Å². The summed E-state index contributed by atoms with van der Waals surface area (Å²) in [5.41, 5.74) is 0.0164. The van der Waals surface area contributed by atoms with Crippen LogP contribution in [0.25, 0.3) is 0 Å². The van der Waals surface area contributed by atoms with Crippen molar-refractivity contribution in [3.05, 3.63) is 28.5 Å². The smallest absolute Gasteiger partial charge is 0.299 e.